The number of hydrogen-bond acceptors (Lipinski definition) is 4. The van der Waals surface area contributed by atoms with Crippen LogP contribution in [-0.4, -0.2) is 47.8 Å². The van der Waals surface area contributed by atoms with E-state index in [2.05, 4.69) is 0 Å². The van der Waals surface area contributed by atoms with E-state index in [1.807, 2.05) is 11.8 Å². The number of rotatable bonds is 6. The lowest BCUT2D eigenvalue weighted by molar-refractivity contribution is -0.149. The first-order chi connectivity index (χ1) is 6.70. The molecule has 14 heavy (non-hydrogen) atoms. The van der Waals surface area contributed by atoms with Crippen LogP contribution in [0.1, 0.15) is 26.7 Å². The smallest absolute Gasteiger partial charge is 0.323 e. The fourth-order valence-corrected chi connectivity index (χ4v) is 1.61. The Morgan fingerprint density at radius 1 is 1.64 bits per heavy atom. The van der Waals surface area contributed by atoms with Crippen molar-refractivity contribution in [2.75, 3.05) is 19.8 Å². The molecule has 0 radical (unpaired) electrons. The Kier molecular flexibility index (Phi) is 4.35. The highest BCUT2D eigenvalue weighted by Gasteiger charge is 2.34. The van der Waals surface area contributed by atoms with Gasteiger partial charge >= 0.3 is 5.97 Å². The minimum atomic E-state index is -0.227. The van der Waals surface area contributed by atoms with Crippen LogP contribution in [-0.2, 0) is 9.53 Å². The summed E-state index contributed by atoms with van der Waals surface area (Å²) >= 11 is 0. The van der Waals surface area contributed by atoms with E-state index in [1.54, 1.807) is 6.92 Å². The number of esters is 1. The number of aliphatic hydroxyl groups excluding tert-OH is 1. The van der Waals surface area contributed by atoms with Crippen LogP contribution in [0.25, 0.3) is 0 Å². The molecule has 1 fully saturated rings. The second-order valence-corrected chi connectivity index (χ2v) is 3.62. The zero-order valence-electron chi connectivity index (χ0n) is 8.90. The zero-order valence-corrected chi connectivity index (χ0v) is 8.90. The molecule has 0 aromatic heterocycles. The summed E-state index contributed by atoms with van der Waals surface area (Å²) in [5.41, 5.74) is 0. The summed E-state index contributed by atoms with van der Waals surface area (Å²) < 4.78 is 4.95. The van der Waals surface area contributed by atoms with E-state index in [0.29, 0.717) is 19.2 Å². The number of carbonyl (C=O) groups is 1. The highest BCUT2D eigenvalue weighted by Crippen LogP contribution is 2.28. The van der Waals surface area contributed by atoms with Gasteiger partial charge < -0.3 is 9.84 Å². The predicted octanol–water partition coefficient (Wildman–Crippen LogP) is 0.395. The van der Waals surface area contributed by atoms with Gasteiger partial charge in [-0.25, -0.2) is 0 Å². The zero-order chi connectivity index (χ0) is 10.6. The molecule has 0 saturated heterocycles. The molecular formula is C10H19NO3. The maximum absolute atomic E-state index is 11.4. The van der Waals surface area contributed by atoms with Crippen LogP contribution in [0.3, 0.4) is 0 Å². The van der Waals surface area contributed by atoms with Gasteiger partial charge in [0.2, 0.25) is 0 Å². The molecule has 0 spiro atoms. The van der Waals surface area contributed by atoms with Crippen molar-refractivity contribution in [2.24, 2.45) is 0 Å². The molecular weight excluding hydrogens is 182 g/mol. The highest BCUT2D eigenvalue weighted by atomic mass is 16.5. The topological polar surface area (TPSA) is 49.8 Å². The Balaban J connectivity index is 2.44. The minimum absolute atomic E-state index is 0.0975. The van der Waals surface area contributed by atoms with Crippen LogP contribution >= 0.6 is 0 Å². The summed E-state index contributed by atoms with van der Waals surface area (Å²) in [4.78, 5) is 13.5. The van der Waals surface area contributed by atoms with Crippen molar-refractivity contribution in [1.29, 1.82) is 0 Å². The maximum atomic E-state index is 11.4. The number of nitrogens with zero attached hydrogens (tertiary/aromatic N) is 1. The van der Waals surface area contributed by atoms with Crippen LogP contribution in [0, 0.1) is 0 Å². The van der Waals surface area contributed by atoms with E-state index in [9.17, 15) is 4.79 Å². The average molecular weight is 201 g/mol. The third kappa shape index (κ3) is 2.96. The van der Waals surface area contributed by atoms with Gasteiger partial charge in [0.05, 0.1) is 13.2 Å². The summed E-state index contributed by atoms with van der Waals surface area (Å²) in [7, 11) is 0. The average Bonchev–Trinajstić information content (AvgIpc) is 2.97. The highest BCUT2D eigenvalue weighted by molar-refractivity contribution is 5.75. The molecule has 0 heterocycles. The van der Waals surface area contributed by atoms with Gasteiger partial charge in [-0.1, -0.05) is 0 Å². The van der Waals surface area contributed by atoms with Gasteiger partial charge in [-0.05, 0) is 26.7 Å². The molecule has 0 aromatic rings. The molecule has 1 unspecified atom stereocenters. The van der Waals surface area contributed by atoms with Gasteiger partial charge in [0.15, 0.2) is 0 Å². The molecule has 0 aliphatic heterocycles. The molecule has 1 saturated carbocycles. The van der Waals surface area contributed by atoms with Crippen molar-refractivity contribution in [3.05, 3.63) is 0 Å². The normalized spacial score (nSPS) is 18.3. The van der Waals surface area contributed by atoms with Crippen molar-refractivity contribution in [1.82, 2.24) is 4.90 Å². The Morgan fingerprint density at radius 2 is 2.29 bits per heavy atom. The molecule has 1 atom stereocenters. The lowest BCUT2D eigenvalue weighted by atomic mass is 10.2. The van der Waals surface area contributed by atoms with Crippen LogP contribution in [0.2, 0.25) is 0 Å². The van der Waals surface area contributed by atoms with Crippen molar-refractivity contribution in [2.45, 2.75) is 38.8 Å². The minimum Gasteiger partial charge on any atom is -0.465 e. The van der Waals surface area contributed by atoms with Gasteiger partial charge in [0.25, 0.3) is 0 Å². The Bertz CT molecular complexity index is 192. The van der Waals surface area contributed by atoms with E-state index in [4.69, 9.17) is 9.84 Å². The third-order valence-corrected chi connectivity index (χ3v) is 2.50. The summed E-state index contributed by atoms with van der Waals surface area (Å²) in [6.45, 7) is 4.72. The quantitative estimate of drug-likeness (QED) is 0.632. The summed E-state index contributed by atoms with van der Waals surface area (Å²) in [6.07, 6.45) is 2.26. The molecule has 0 aromatic carbocycles. The molecule has 0 bridgehead atoms. The van der Waals surface area contributed by atoms with Crippen molar-refractivity contribution < 1.29 is 14.6 Å². The van der Waals surface area contributed by atoms with Crippen LogP contribution in [0.15, 0.2) is 0 Å². The number of carbonyl (C=O) groups excluding carboxylic acids is 1. The van der Waals surface area contributed by atoms with E-state index < -0.39 is 0 Å². The molecule has 0 amide bonds. The molecule has 1 aliphatic rings. The predicted molar refractivity (Wildman–Crippen MR) is 52.9 cm³/mol. The Morgan fingerprint density at radius 3 is 2.71 bits per heavy atom. The summed E-state index contributed by atoms with van der Waals surface area (Å²) in [5, 5.41) is 8.88. The van der Waals surface area contributed by atoms with Gasteiger partial charge in [-0.2, -0.15) is 0 Å². The molecule has 4 nitrogen and oxygen atoms in total. The standard InChI is InChI=1S/C10H19NO3/c1-3-14-10(13)8(2)11(6-7-12)9-4-5-9/h8-9,12H,3-7H2,1-2H3. The van der Waals surface area contributed by atoms with E-state index in [0.717, 1.165) is 12.8 Å². The van der Waals surface area contributed by atoms with Crippen molar-refractivity contribution in [3.8, 4) is 0 Å². The molecule has 4 heteroatoms. The van der Waals surface area contributed by atoms with E-state index in [-0.39, 0.29) is 18.6 Å². The summed E-state index contributed by atoms with van der Waals surface area (Å²) in [5.74, 6) is -0.187. The van der Waals surface area contributed by atoms with Crippen LogP contribution in [0.4, 0.5) is 0 Å². The van der Waals surface area contributed by atoms with Gasteiger partial charge in [0, 0.05) is 12.6 Å². The molecule has 1 aliphatic carbocycles. The molecule has 1 rings (SSSR count). The van der Waals surface area contributed by atoms with Crippen molar-refractivity contribution in [3.63, 3.8) is 0 Å². The second kappa shape index (κ2) is 5.32. The van der Waals surface area contributed by atoms with Gasteiger partial charge in [0.1, 0.15) is 6.04 Å². The van der Waals surface area contributed by atoms with Crippen molar-refractivity contribution >= 4 is 5.97 Å². The third-order valence-electron chi connectivity index (χ3n) is 2.50. The first kappa shape index (κ1) is 11.5. The molecule has 1 N–H and O–H groups in total. The van der Waals surface area contributed by atoms with E-state index >= 15 is 0 Å². The number of aliphatic hydroxyl groups is 1. The Hall–Kier alpha value is -0.610. The monoisotopic (exact) mass is 201 g/mol. The fourth-order valence-electron chi connectivity index (χ4n) is 1.61. The SMILES string of the molecule is CCOC(=O)C(C)N(CCO)C1CC1. The molecule has 82 valence electrons. The fraction of sp³-hybridized carbons (Fsp3) is 0.900. The number of ether oxygens (including phenoxy) is 1. The second-order valence-electron chi connectivity index (χ2n) is 3.62. The van der Waals surface area contributed by atoms with Gasteiger partial charge in [-0.3, -0.25) is 9.69 Å². The summed E-state index contributed by atoms with van der Waals surface area (Å²) in [6, 6.07) is 0.246. The number of hydrogen-bond donors (Lipinski definition) is 1. The maximum Gasteiger partial charge on any atom is 0.323 e. The first-order valence-electron chi connectivity index (χ1n) is 5.24. The van der Waals surface area contributed by atoms with E-state index in [1.165, 1.54) is 0 Å². The van der Waals surface area contributed by atoms with Crippen LogP contribution < -0.4 is 0 Å². The van der Waals surface area contributed by atoms with Crippen LogP contribution in [0.5, 0.6) is 0 Å². The largest absolute Gasteiger partial charge is 0.465 e. The van der Waals surface area contributed by atoms with Gasteiger partial charge in [-0.15, -0.1) is 0 Å². The Labute approximate surface area is 84.8 Å². The lowest BCUT2D eigenvalue weighted by Gasteiger charge is -2.26. The lowest BCUT2D eigenvalue weighted by Crippen LogP contribution is -2.43. The first-order valence-corrected chi connectivity index (χ1v) is 5.24.